The van der Waals surface area contributed by atoms with E-state index in [4.69, 9.17) is 4.74 Å². The van der Waals surface area contributed by atoms with Crippen molar-refractivity contribution in [3.8, 4) is 0 Å². The number of allylic oxidation sites excluding steroid dienone is 2. The Morgan fingerprint density at radius 2 is 2.17 bits per heavy atom. The van der Waals surface area contributed by atoms with E-state index in [0.29, 0.717) is 18.9 Å². The van der Waals surface area contributed by atoms with Crippen molar-refractivity contribution in [3.63, 3.8) is 0 Å². The minimum Gasteiger partial charge on any atom is -0.465 e. The first-order valence-corrected chi connectivity index (χ1v) is 9.02. The minimum absolute atomic E-state index is 0.0401. The molecule has 1 saturated carbocycles. The fraction of sp³-hybridized carbons (Fsp3) is 0.474. The third-order valence-corrected chi connectivity index (χ3v) is 6.50. The molecule has 2 fully saturated rings. The van der Waals surface area contributed by atoms with Gasteiger partial charge in [-0.1, -0.05) is 34.1 Å². The SMILES string of the molecule is O=CC1=C(Br)CCc2cc([C@H]3CC[C@]4(COC(=O)C4)C3)ccc21. The lowest BCUT2D eigenvalue weighted by Crippen LogP contribution is -2.16. The molecule has 0 bridgehead atoms. The summed E-state index contributed by atoms with van der Waals surface area (Å²) in [5, 5.41) is 0. The molecule has 120 valence electrons. The van der Waals surface area contributed by atoms with Gasteiger partial charge in [-0.05, 0) is 54.7 Å². The largest absolute Gasteiger partial charge is 0.465 e. The highest BCUT2D eigenvalue weighted by molar-refractivity contribution is 9.11. The Balaban J connectivity index is 1.60. The third-order valence-electron chi connectivity index (χ3n) is 5.68. The van der Waals surface area contributed by atoms with Gasteiger partial charge in [0.15, 0.2) is 6.29 Å². The van der Waals surface area contributed by atoms with Crippen molar-refractivity contribution < 1.29 is 14.3 Å². The van der Waals surface area contributed by atoms with Gasteiger partial charge in [0.25, 0.3) is 0 Å². The first kappa shape index (κ1) is 15.1. The second-order valence-corrected chi connectivity index (χ2v) is 8.09. The maximum atomic E-state index is 11.5. The zero-order valence-electron chi connectivity index (χ0n) is 12.9. The number of esters is 1. The lowest BCUT2D eigenvalue weighted by Gasteiger charge is -2.21. The fourth-order valence-electron chi connectivity index (χ4n) is 4.42. The number of halogens is 1. The maximum absolute atomic E-state index is 11.5. The molecule has 1 heterocycles. The zero-order valence-corrected chi connectivity index (χ0v) is 14.5. The fourth-order valence-corrected chi connectivity index (χ4v) is 4.92. The molecule has 1 aromatic carbocycles. The molecule has 0 N–H and O–H groups in total. The van der Waals surface area contributed by atoms with E-state index >= 15 is 0 Å². The summed E-state index contributed by atoms with van der Waals surface area (Å²) >= 11 is 3.52. The van der Waals surface area contributed by atoms with E-state index in [1.807, 2.05) is 0 Å². The molecule has 3 nitrogen and oxygen atoms in total. The molecule has 0 unspecified atom stereocenters. The Morgan fingerprint density at radius 3 is 2.91 bits per heavy atom. The lowest BCUT2D eigenvalue weighted by atomic mass is 9.82. The van der Waals surface area contributed by atoms with Crippen LogP contribution in [0.25, 0.3) is 5.57 Å². The van der Waals surface area contributed by atoms with Crippen LogP contribution in [-0.2, 0) is 20.7 Å². The highest BCUT2D eigenvalue weighted by atomic mass is 79.9. The number of ether oxygens (including phenoxy) is 1. The number of hydrogen-bond donors (Lipinski definition) is 0. The molecule has 23 heavy (non-hydrogen) atoms. The standard InChI is InChI=1S/C19H19BrO3/c20-17-4-2-13-7-12(1-3-15(13)16(17)10-21)14-5-6-19(8-14)9-18(22)23-11-19/h1,3,7,10,14H,2,4-6,8-9,11H2/t14-,19-/m0/s1. The smallest absolute Gasteiger partial charge is 0.306 e. The van der Waals surface area contributed by atoms with Gasteiger partial charge in [-0.3, -0.25) is 9.59 Å². The quantitative estimate of drug-likeness (QED) is 0.577. The number of aryl methyl sites for hydroxylation is 1. The maximum Gasteiger partial charge on any atom is 0.306 e. The summed E-state index contributed by atoms with van der Waals surface area (Å²) in [7, 11) is 0. The van der Waals surface area contributed by atoms with Crippen LogP contribution in [0.5, 0.6) is 0 Å². The monoisotopic (exact) mass is 374 g/mol. The van der Waals surface area contributed by atoms with Crippen molar-refractivity contribution in [1.82, 2.24) is 0 Å². The number of hydrogen-bond acceptors (Lipinski definition) is 3. The summed E-state index contributed by atoms with van der Waals surface area (Å²) in [6, 6.07) is 6.53. The van der Waals surface area contributed by atoms with Crippen LogP contribution in [0.15, 0.2) is 22.7 Å². The average molecular weight is 375 g/mol. The minimum atomic E-state index is -0.0401. The Kier molecular flexibility index (Phi) is 3.67. The second kappa shape index (κ2) is 5.59. The predicted molar refractivity (Wildman–Crippen MR) is 91.3 cm³/mol. The zero-order chi connectivity index (χ0) is 16.0. The molecular formula is C19H19BrO3. The summed E-state index contributed by atoms with van der Waals surface area (Å²) < 4.78 is 6.23. The second-order valence-electron chi connectivity index (χ2n) is 7.13. The number of fused-ring (bicyclic) bond motifs is 1. The van der Waals surface area contributed by atoms with E-state index in [9.17, 15) is 9.59 Å². The number of aldehydes is 1. The predicted octanol–water partition coefficient (Wildman–Crippen LogP) is 4.14. The van der Waals surface area contributed by atoms with Crippen LogP contribution in [0.3, 0.4) is 0 Å². The van der Waals surface area contributed by atoms with Gasteiger partial charge in [-0.2, -0.15) is 0 Å². The number of carbonyl (C=O) groups excluding carboxylic acids is 2. The molecule has 4 rings (SSSR count). The molecule has 0 aromatic heterocycles. The first-order valence-electron chi connectivity index (χ1n) is 8.23. The number of benzene rings is 1. The Labute approximate surface area is 144 Å². The van der Waals surface area contributed by atoms with Crippen LogP contribution < -0.4 is 0 Å². The van der Waals surface area contributed by atoms with Gasteiger partial charge in [0.1, 0.15) is 0 Å². The van der Waals surface area contributed by atoms with E-state index in [1.165, 1.54) is 11.1 Å². The molecule has 2 aliphatic carbocycles. The van der Waals surface area contributed by atoms with E-state index in [0.717, 1.165) is 54.0 Å². The Hall–Kier alpha value is -1.42. The number of carbonyl (C=O) groups is 2. The van der Waals surface area contributed by atoms with Gasteiger partial charge < -0.3 is 4.74 Å². The molecular weight excluding hydrogens is 356 g/mol. The first-order chi connectivity index (χ1) is 11.1. The molecule has 1 spiro atoms. The van der Waals surface area contributed by atoms with Crippen LogP contribution in [-0.4, -0.2) is 18.9 Å². The molecule has 1 aromatic rings. The highest BCUT2D eigenvalue weighted by Crippen LogP contribution is 2.51. The van der Waals surface area contributed by atoms with Crippen molar-refractivity contribution in [2.75, 3.05) is 6.61 Å². The molecule has 2 atom stereocenters. The molecule has 1 saturated heterocycles. The Bertz CT molecular complexity index is 721. The summed E-state index contributed by atoms with van der Waals surface area (Å²) in [5.74, 6) is 0.463. The van der Waals surface area contributed by atoms with Gasteiger partial charge >= 0.3 is 5.97 Å². The molecule has 0 amide bonds. The van der Waals surface area contributed by atoms with E-state index in [2.05, 4.69) is 34.1 Å². The van der Waals surface area contributed by atoms with Crippen LogP contribution in [0.2, 0.25) is 0 Å². The highest BCUT2D eigenvalue weighted by Gasteiger charge is 2.46. The molecule has 3 aliphatic rings. The Morgan fingerprint density at radius 1 is 1.30 bits per heavy atom. The average Bonchev–Trinajstić information content (AvgIpc) is 3.13. The van der Waals surface area contributed by atoms with Crippen molar-refractivity contribution >= 4 is 33.8 Å². The number of cyclic esters (lactones) is 1. The summed E-state index contributed by atoms with van der Waals surface area (Å²) in [4.78, 5) is 22.8. The van der Waals surface area contributed by atoms with E-state index in [1.54, 1.807) is 0 Å². The van der Waals surface area contributed by atoms with E-state index < -0.39 is 0 Å². The molecule has 1 aliphatic heterocycles. The van der Waals surface area contributed by atoms with E-state index in [-0.39, 0.29) is 11.4 Å². The van der Waals surface area contributed by atoms with Crippen molar-refractivity contribution in [2.24, 2.45) is 5.41 Å². The normalized spacial score (nSPS) is 29.8. The van der Waals surface area contributed by atoms with Crippen molar-refractivity contribution in [1.29, 1.82) is 0 Å². The van der Waals surface area contributed by atoms with Gasteiger partial charge in [-0.25, -0.2) is 0 Å². The lowest BCUT2D eigenvalue weighted by molar-refractivity contribution is -0.137. The van der Waals surface area contributed by atoms with Crippen LogP contribution >= 0.6 is 15.9 Å². The van der Waals surface area contributed by atoms with Gasteiger partial charge in [0, 0.05) is 15.5 Å². The number of rotatable bonds is 2. The summed E-state index contributed by atoms with van der Waals surface area (Å²) in [6.45, 7) is 0.595. The summed E-state index contributed by atoms with van der Waals surface area (Å²) in [5.41, 5.74) is 4.55. The third kappa shape index (κ3) is 2.57. The van der Waals surface area contributed by atoms with Gasteiger partial charge in [0.2, 0.25) is 0 Å². The summed E-state index contributed by atoms with van der Waals surface area (Å²) in [6.07, 6.45) is 6.63. The molecule has 0 radical (unpaired) electrons. The molecule has 4 heteroatoms. The van der Waals surface area contributed by atoms with Crippen LogP contribution in [0.1, 0.15) is 54.7 Å². The van der Waals surface area contributed by atoms with Crippen molar-refractivity contribution in [3.05, 3.63) is 39.4 Å². The van der Waals surface area contributed by atoms with Crippen LogP contribution in [0.4, 0.5) is 0 Å². The van der Waals surface area contributed by atoms with Crippen molar-refractivity contribution in [2.45, 2.75) is 44.4 Å². The topological polar surface area (TPSA) is 43.4 Å². The van der Waals surface area contributed by atoms with Gasteiger partial charge in [0.05, 0.1) is 13.0 Å². The van der Waals surface area contributed by atoms with Crippen LogP contribution in [0, 0.1) is 5.41 Å². The van der Waals surface area contributed by atoms with Gasteiger partial charge in [-0.15, -0.1) is 0 Å².